The van der Waals surface area contributed by atoms with Gasteiger partial charge >= 0.3 is 0 Å². The first kappa shape index (κ1) is 18.2. The van der Waals surface area contributed by atoms with Crippen LogP contribution in [0.25, 0.3) is 0 Å². The standard InChI is InChI=1S/C21H22N2O5/c1-25-16-4-3-5-17(26-2)15(16)11-22-23-20(24)14-6-7-18-19(10-14)28-13-21(8-9-21)12-27-18/h3-7,10-11H,8-9,12-13H2,1-2H3,(H,23,24)/b22-11-. The van der Waals surface area contributed by atoms with Crippen LogP contribution in [0.3, 0.4) is 0 Å². The summed E-state index contributed by atoms with van der Waals surface area (Å²) in [6.45, 7) is 1.29. The number of carbonyl (C=O) groups excluding carboxylic acids is 1. The monoisotopic (exact) mass is 382 g/mol. The van der Waals surface area contributed by atoms with Crippen molar-refractivity contribution in [2.75, 3.05) is 27.4 Å². The average Bonchev–Trinajstić information content (AvgIpc) is 3.53. The topological polar surface area (TPSA) is 78.4 Å². The van der Waals surface area contributed by atoms with E-state index in [1.165, 1.54) is 6.21 Å². The molecule has 4 rings (SSSR count). The van der Waals surface area contributed by atoms with Crippen molar-refractivity contribution in [3.63, 3.8) is 0 Å². The van der Waals surface area contributed by atoms with Crippen LogP contribution in [-0.4, -0.2) is 39.6 Å². The maximum absolute atomic E-state index is 12.5. The minimum Gasteiger partial charge on any atom is -0.496 e. The van der Waals surface area contributed by atoms with Gasteiger partial charge in [0.2, 0.25) is 0 Å². The van der Waals surface area contributed by atoms with Crippen molar-refractivity contribution in [1.82, 2.24) is 5.43 Å². The van der Waals surface area contributed by atoms with Crippen LogP contribution in [-0.2, 0) is 0 Å². The van der Waals surface area contributed by atoms with Crippen LogP contribution in [0.5, 0.6) is 23.0 Å². The number of carbonyl (C=O) groups is 1. The molecular weight excluding hydrogens is 360 g/mol. The number of hydrogen-bond donors (Lipinski definition) is 1. The van der Waals surface area contributed by atoms with E-state index in [0.717, 1.165) is 12.8 Å². The molecule has 146 valence electrons. The molecule has 0 saturated heterocycles. The van der Waals surface area contributed by atoms with Gasteiger partial charge in [0.05, 0.1) is 39.2 Å². The molecule has 2 aliphatic rings. The molecule has 7 heteroatoms. The van der Waals surface area contributed by atoms with E-state index in [2.05, 4.69) is 10.5 Å². The number of ether oxygens (including phenoxy) is 4. The number of fused-ring (bicyclic) bond motifs is 1. The number of nitrogens with zero attached hydrogens (tertiary/aromatic N) is 1. The number of methoxy groups -OCH3 is 2. The third-order valence-corrected chi connectivity index (χ3v) is 5.06. The highest BCUT2D eigenvalue weighted by Crippen LogP contribution is 2.49. The van der Waals surface area contributed by atoms with E-state index in [0.29, 0.717) is 47.3 Å². The zero-order valence-corrected chi connectivity index (χ0v) is 15.9. The first-order valence-corrected chi connectivity index (χ1v) is 9.08. The highest BCUT2D eigenvalue weighted by molar-refractivity contribution is 5.96. The fourth-order valence-electron chi connectivity index (χ4n) is 3.08. The van der Waals surface area contributed by atoms with Gasteiger partial charge in [-0.25, -0.2) is 5.43 Å². The van der Waals surface area contributed by atoms with Gasteiger partial charge in [-0.2, -0.15) is 5.10 Å². The fraction of sp³-hybridized carbons (Fsp3) is 0.333. The van der Waals surface area contributed by atoms with Crippen molar-refractivity contribution >= 4 is 12.1 Å². The largest absolute Gasteiger partial charge is 0.496 e. The van der Waals surface area contributed by atoms with Gasteiger partial charge in [0.1, 0.15) is 11.5 Å². The molecule has 1 N–H and O–H groups in total. The van der Waals surface area contributed by atoms with Crippen LogP contribution in [0.4, 0.5) is 0 Å². The smallest absolute Gasteiger partial charge is 0.271 e. The summed E-state index contributed by atoms with van der Waals surface area (Å²) in [6.07, 6.45) is 3.74. The minimum absolute atomic E-state index is 0.152. The molecule has 1 saturated carbocycles. The molecule has 28 heavy (non-hydrogen) atoms. The summed E-state index contributed by atoms with van der Waals surface area (Å²) in [5.41, 5.74) is 3.76. The number of hydrazone groups is 1. The molecule has 1 aliphatic heterocycles. The van der Waals surface area contributed by atoms with E-state index in [9.17, 15) is 4.79 Å². The van der Waals surface area contributed by atoms with Crippen LogP contribution in [0, 0.1) is 5.41 Å². The molecule has 0 unspecified atom stereocenters. The number of nitrogens with one attached hydrogen (secondary N) is 1. The Morgan fingerprint density at radius 2 is 1.75 bits per heavy atom. The van der Waals surface area contributed by atoms with Crippen molar-refractivity contribution in [3.8, 4) is 23.0 Å². The molecule has 2 aromatic rings. The lowest BCUT2D eigenvalue weighted by Crippen LogP contribution is -2.18. The lowest BCUT2D eigenvalue weighted by Gasteiger charge is -2.10. The lowest BCUT2D eigenvalue weighted by molar-refractivity contribution is 0.0954. The van der Waals surface area contributed by atoms with Crippen LogP contribution in [0.2, 0.25) is 0 Å². The van der Waals surface area contributed by atoms with Crippen LogP contribution >= 0.6 is 0 Å². The predicted octanol–water partition coefficient (Wildman–Crippen LogP) is 3.02. The molecule has 0 bridgehead atoms. The second kappa shape index (κ2) is 7.42. The minimum atomic E-state index is -0.345. The Labute approximate surface area is 163 Å². The zero-order valence-electron chi connectivity index (χ0n) is 15.9. The second-order valence-electron chi connectivity index (χ2n) is 7.01. The molecular formula is C21H22N2O5. The number of hydrogen-bond acceptors (Lipinski definition) is 6. The van der Waals surface area contributed by atoms with Crippen molar-refractivity contribution < 1.29 is 23.7 Å². The van der Waals surface area contributed by atoms with E-state index in [4.69, 9.17) is 18.9 Å². The summed E-state index contributed by atoms with van der Waals surface area (Å²) >= 11 is 0. The van der Waals surface area contributed by atoms with Crippen LogP contribution in [0.1, 0.15) is 28.8 Å². The molecule has 1 aliphatic carbocycles. The number of benzene rings is 2. The molecule has 1 heterocycles. The van der Waals surface area contributed by atoms with Gasteiger partial charge in [0, 0.05) is 11.0 Å². The predicted molar refractivity (Wildman–Crippen MR) is 104 cm³/mol. The quantitative estimate of drug-likeness (QED) is 0.635. The van der Waals surface area contributed by atoms with Crippen molar-refractivity contribution in [3.05, 3.63) is 47.5 Å². The second-order valence-corrected chi connectivity index (χ2v) is 7.01. The SMILES string of the molecule is COc1cccc(OC)c1/C=N\NC(=O)c1ccc2c(c1)OCC1(CC1)CO2. The van der Waals surface area contributed by atoms with E-state index in [1.807, 2.05) is 6.07 Å². The Morgan fingerprint density at radius 1 is 1.07 bits per heavy atom. The lowest BCUT2D eigenvalue weighted by atomic mass is 10.1. The molecule has 0 atom stereocenters. The average molecular weight is 382 g/mol. The Hall–Kier alpha value is -3.22. The maximum atomic E-state index is 12.5. The number of rotatable bonds is 5. The highest BCUT2D eigenvalue weighted by Gasteiger charge is 2.46. The van der Waals surface area contributed by atoms with E-state index in [1.54, 1.807) is 44.6 Å². The summed E-state index contributed by atoms with van der Waals surface area (Å²) in [5.74, 6) is 2.11. The molecule has 7 nitrogen and oxygen atoms in total. The van der Waals surface area contributed by atoms with Gasteiger partial charge in [-0.15, -0.1) is 0 Å². The van der Waals surface area contributed by atoms with Crippen molar-refractivity contribution in [2.24, 2.45) is 10.5 Å². The van der Waals surface area contributed by atoms with E-state index >= 15 is 0 Å². The molecule has 0 radical (unpaired) electrons. The first-order chi connectivity index (χ1) is 13.6. The molecule has 2 aromatic carbocycles. The Bertz CT molecular complexity index is 899. The van der Waals surface area contributed by atoms with Gasteiger partial charge in [0.15, 0.2) is 11.5 Å². The molecule has 0 aromatic heterocycles. The third kappa shape index (κ3) is 3.60. The summed E-state index contributed by atoms with van der Waals surface area (Å²) in [6, 6.07) is 10.5. The Kier molecular flexibility index (Phi) is 4.81. The normalized spacial score (nSPS) is 16.5. The summed E-state index contributed by atoms with van der Waals surface area (Å²) in [7, 11) is 3.13. The fourth-order valence-corrected chi connectivity index (χ4v) is 3.08. The summed E-state index contributed by atoms with van der Waals surface area (Å²) < 4.78 is 22.3. The van der Waals surface area contributed by atoms with Gasteiger partial charge < -0.3 is 18.9 Å². The maximum Gasteiger partial charge on any atom is 0.271 e. The summed E-state index contributed by atoms with van der Waals surface area (Å²) in [4.78, 5) is 12.5. The summed E-state index contributed by atoms with van der Waals surface area (Å²) in [5, 5.41) is 4.04. The van der Waals surface area contributed by atoms with E-state index < -0.39 is 0 Å². The van der Waals surface area contributed by atoms with Gasteiger partial charge in [-0.1, -0.05) is 6.07 Å². The van der Waals surface area contributed by atoms with Gasteiger partial charge in [0.25, 0.3) is 5.91 Å². The van der Waals surface area contributed by atoms with E-state index in [-0.39, 0.29) is 11.3 Å². The highest BCUT2D eigenvalue weighted by atomic mass is 16.5. The Morgan fingerprint density at radius 3 is 2.39 bits per heavy atom. The van der Waals surface area contributed by atoms with Crippen molar-refractivity contribution in [1.29, 1.82) is 0 Å². The van der Waals surface area contributed by atoms with Crippen LogP contribution < -0.4 is 24.4 Å². The van der Waals surface area contributed by atoms with Crippen molar-refractivity contribution in [2.45, 2.75) is 12.8 Å². The third-order valence-electron chi connectivity index (χ3n) is 5.06. The van der Waals surface area contributed by atoms with Gasteiger partial charge in [-0.3, -0.25) is 4.79 Å². The molecule has 1 spiro atoms. The first-order valence-electron chi connectivity index (χ1n) is 9.08. The zero-order chi connectivity index (χ0) is 19.6. The number of amides is 1. The Balaban J connectivity index is 1.46. The van der Waals surface area contributed by atoms with Crippen LogP contribution in [0.15, 0.2) is 41.5 Å². The molecule has 1 fully saturated rings. The molecule has 1 amide bonds. The van der Waals surface area contributed by atoms with Gasteiger partial charge in [-0.05, 0) is 43.2 Å².